The predicted molar refractivity (Wildman–Crippen MR) is 108 cm³/mol. The molecule has 0 aromatic heterocycles. The minimum absolute atomic E-state index is 0. The lowest BCUT2D eigenvalue weighted by molar-refractivity contribution is 0.0745. The Balaban J connectivity index is 0.00000208. The van der Waals surface area contributed by atoms with Gasteiger partial charge in [0.25, 0.3) is 5.91 Å². The number of fused-ring (bicyclic) bond motifs is 1. The van der Waals surface area contributed by atoms with Crippen LogP contribution in [0.4, 0.5) is 0 Å². The highest BCUT2D eigenvalue weighted by molar-refractivity contribution is 14.0. The molecule has 0 saturated carbocycles. The van der Waals surface area contributed by atoms with Crippen molar-refractivity contribution < 1.29 is 4.79 Å². The van der Waals surface area contributed by atoms with Gasteiger partial charge in [-0.2, -0.15) is 0 Å². The van der Waals surface area contributed by atoms with E-state index < -0.39 is 0 Å². The number of hydrogen-bond acceptors (Lipinski definition) is 2. The second-order valence-corrected chi connectivity index (χ2v) is 6.61. The van der Waals surface area contributed by atoms with E-state index in [9.17, 15) is 4.79 Å². The van der Waals surface area contributed by atoms with E-state index in [0.29, 0.717) is 19.0 Å². The first-order valence-corrected chi connectivity index (χ1v) is 8.57. The predicted octanol–water partition coefficient (Wildman–Crippen LogP) is 2.35. The quantitative estimate of drug-likeness (QED) is 0.444. The monoisotopic (exact) mass is 442 g/mol. The van der Waals surface area contributed by atoms with E-state index in [2.05, 4.69) is 16.8 Å². The number of carbonyl (C=O) groups is 1. The Morgan fingerprint density at radius 2 is 1.96 bits per heavy atom. The topological polar surface area (TPSA) is 61.9 Å². The second kappa shape index (κ2) is 8.69. The summed E-state index contributed by atoms with van der Waals surface area (Å²) in [6.07, 6.45) is 3.28. The van der Waals surface area contributed by atoms with E-state index in [0.717, 1.165) is 43.1 Å². The molecule has 1 amide bonds. The van der Waals surface area contributed by atoms with E-state index in [1.165, 1.54) is 12.8 Å². The first kappa shape index (κ1) is 19.0. The largest absolute Gasteiger partial charge is 0.370 e. The van der Waals surface area contributed by atoms with Gasteiger partial charge in [-0.25, -0.2) is 0 Å². The summed E-state index contributed by atoms with van der Waals surface area (Å²) in [4.78, 5) is 21.0. The zero-order valence-corrected chi connectivity index (χ0v) is 16.6. The Hall–Kier alpha value is -1.31. The molecule has 1 aromatic rings. The summed E-state index contributed by atoms with van der Waals surface area (Å²) in [5.41, 5.74) is 8.08. The smallest absolute Gasteiger partial charge is 0.254 e. The van der Waals surface area contributed by atoms with E-state index in [4.69, 9.17) is 5.73 Å². The van der Waals surface area contributed by atoms with Crippen LogP contribution in [0.5, 0.6) is 0 Å². The van der Waals surface area contributed by atoms with Crippen molar-refractivity contribution in [2.24, 2.45) is 16.6 Å². The third-order valence-electron chi connectivity index (χ3n) is 4.94. The van der Waals surface area contributed by atoms with Gasteiger partial charge in [0.05, 0.1) is 6.54 Å². The summed E-state index contributed by atoms with van der Waals surface area (Å²) < 4.78 is 0. The van der Waals surface area contributed by atoms with Gasteiger partial charge in [0.2, 0.25) is 0 Å². The number of nitrogens with two attached hydrogens (primary N) is 1. The highest BCUT2D eigenvalue weighted by Gasteiger charge is 2.23. The third kappa shape index (κ3) is 4.40. The van der Waals surface area contributed by atoms with Crippen molar-refractivity contribution in [1.82, 2.24) is 9.80 Å². The molecule has 0 aliphatic carbocycles. The Kier molecular flexibility index (Phi) is 6.89. The van der Waals surface area contributed by atoms with Crippen LogP contribution in [-0.2, 0) is 6.42 Å². The van der Waals surface area contributed by atoms with Crippen LogP contribution in [0, 0.1) is 5.92 Å². The van der Waals surface area contributed by atoms with Crippen LogP contribution in [0.15, 0.2) is 29.3 Å². The van der Waals surface area contributed by atoms with Crippen molar-refractivity contribution in [1.29, 1.82) is 0 Å². The summed E-state index contributed by atoms with van der Waals surface area (Å²) in [6.45, 7) is 6.25. The van der Waals surface area contributed by atoms with Gasteiger partial charge < -0.3 is 15.5 Å². The minimum atomic E-state index is 0. The zero-order valence-electron chi connectivity index (χ0n) is 14.3. The fourth-order valence-corrected chi connectivity index (χ4v) is 3.31. The van der Waals surface area contributed by atoms with Crippen LogP contribution in [0.2, 0.25) is 0 Å². The normalized spacial score (nSPS) is 19.0. The summed E-state index contributed by atoms with van der Waals surface area (Å²) in [5, 5.41) is 0. The van der Waals surface area contributed by atoms with Crippen molar-refractivity contribution >= 4 is 35.8 Å². The average molecular weight is 442 g/mol. The molecule has 0 unspecified atom stereocenters. The van der Waals surface area contributed by atoms with Crippen LogP contribution in [0.3, 0.4) is 0 Å². The van der Waals surface area contributed by atoms with Crippen LogP contribution in [0.1, 0.15) is 35.7 Å². The lowest BCUT2D eigenvalue weighted by Crippen LogP contribution is -2.43. The van der Waals surface area contributed by atoms with E-state index in [1.807, 2.05) is 29.2 Å². The third-order valence-corrected chi connectivity index (χ3v) is 4.94. The van der Waals surface area contributed by atoms with Crippen molar-refractivity contribution in [2.75, 3.05) is 32.7 Å². The first-order valence-electron chi connectivity index (χ1n) is 8.57. The molecule has 3 rings (SSSR count). The van der Waals surface area contributed by atoms with Crippen LogP contribution in [-0.4, -0.2) is 54.4 Å². The van der Waals surface area contributed by atoms with Gasteiger partial charge in [0.1, 0.15) is 0 Å². The molecule has 2 aliphatic rings. The Morgan fingerprint density at radius 1 is 1.25 bits per heavy atom. The van der Waals surface area contributed by atoms with Gasteiger partial charge >= 0.3 is 0 Å². The van der Waals surface area contributed by atoms with Gasteiger partial charge in [-0.1, -0.05) is 25.1 Å². The Labute approximate surface area is 161 Å². The number of likely N-dealkylation sites (tertiary alicyclic amines) is 1. The molecule has 24 heavy (non-hydrogen) atoms. The summed E-state index contributed by atoms with van der Waals surface area (Å²) in [7, 11) is 0. The van der Waals surface area contributed by atoms with Gasteiger partial charge in [-0.15, -0.1) is 24.0 Å². The molecule has 1 saturated heterocycles. The first-order chi connectivity index (χ1) is 11.1. The number of nitrogens with zero attached hydrogens (tertiary/aromatic N) is 3. The van der Waals surface area contributed by atoms with E-state index >= 15 is 0 Å². The molecule has 1 aromatic carbocycles. The number of halogens is 1. The van der Waals surface area contributed by atoms with Crippen molar-refractivity contribution in [2.45, 2.75) is 26.2 Å². The molecule has 132 valence electrons. The highest BCUT2D eigenvalue weighted by Crippen LogP contribution is 2.18. The number of guanidine groups is 1. The van der Waals surface area contributed by atoms with Gasteiger partial charge in [0, 0.05) is 31.7 Å². The lowest BCUT2D eigenvalue weighted by atomic mass is 9.99. The lowest BCUT2D eigenvalue weighted by Gasteiger charge is -2.31. The molecule has 2 aliphatic heterocycles. The van der Waals surface area contributed by atoms with Crippen LogP contribution >= 0.6 is 24.0 Å². The number of amides is 1. The van der Waals surface area contributed by atoms with Crippen LogP contribution < -0.4 is 5.73 Å². The molecule has 2 heterocycles. The molecule has 1 fully saturated rings. The summed E-state index contributed by atoms with van der Waals surface area (Å²) in [6, 6.07) is 7.87. The molecule has 0 spiro atoms. The maximum atomic E-state index is 12.5. The minimum Gasteiger partial charge on any atom is -0.370 e. The van der Waals surface area contributed by atoms with Crippen LogP contribution in [0.25, 0.3) is 0 Å². The van der Waals surface area contributed by atoms with Crippen molar-refractivity contribution in [3.8, 4) is 0 Å². The molecule has 2 N–H and O–H groups in total. The average Bonchev–Trinajstić information content (AvgIpc) is 2.57. The van der Waals surface area contributed by atoms with E-state index in [1.54, 1.807) is 0 Å². The molecule has 0 atom stereocenters. The highest BCUT2D eigenvalue weighted by atomic mass is 127. The number of carbonyl (C=O) groups excluding carboxylic acids is 1. The van der Waals surface area contributed by atoms with Crippen molar-refractivity contribution in [3.63, 3.8) is 0 Å². The summed E-state index contributed by atoms with van der Waals surface area (Å²) >= 11 is 0. The maximum Gasteiger partial charge on any atom is 0.254 e. The SMILES string of the molecule is CC1CCN(C(N)=NCCN2CCc3ccccc3C2=O)CC1.I. The van der Waals surface area contributed by atoms with Gasteiger partial charge in [0.15, 0.2) is 5.96 Å². The molecule has 5 nitrogen and oxygen atoms in total. The number of rotatable bonds is 3. The molecule has 0 radical (unpaired) electrons. The van der Waals surface area contributed by atoms with Gasteiger partial charge in [-0.05, 0) is 36.8 Å². The second-order valence-electron chi connectivity index (χ2n) is 6.61. The number of benzene rings is 1. The zero-order chi connectivity index (χ0) is 16.2. The number of piperidine rings is 1. The fraction of sp³-hybridized carbons (Fsp3) is 0.556. The van der Waals surface area contributed by atoms with Crippen molar-refractivity contribution in [3.05, 3.63) is 35.4 Å². The Morgan fingerprint density at radius 3 is 2.71 bits per heavy atom. The molecular weight excluding hydrogens is 415 g/mol. The molecule has 6 heteroatoms. The van der Waals surface area contributed by atoms with Gasteiger partial charge in [-0.3, -0.25) is 9.79 Å². The van der Waals surface area contributed by atoms with E-state index in [-0.39, 0.29) is 29.9 Å². The Bertz CT molecular complexity index is 596. The standard InChI is InChI=1S/C18H26N4O.HI/c1-14-6-10-22(11-7-14)18(19)20-9-13-21-12-8-15-4-2-3-5-16(15)17(21)23;/h2-5,14H,6-13H2,1H3,(H2,19,20);1H. The molecule has 0 bridgehead atoms. The maximum absolute atomic E-state index is 12.5. The number of aliphatic imine (C=N–C) groups is 1. The summed E-state index contributed by atoms with van der Waals surface area (Å²) in [5.74, 6) is 1.53. The fourth-order valence-electron chi connectivity index (χ4n) is 3.31. The number of hydrogen-bond donors (Lipinski definition) is 1. The molecular formula is C18H27IN4O.